The molecule has 114 valence electrons. The van der Waals surface area contributed by atoms with Crippen molar-refractivity contribution in [1.29, 1.82) is 0 Å². The van der Waals surface area contributed by atoms with Crippen LogP contribution in [0, 0.1) is 5.92 Å². The number of pyridine rings is 2. The van der Waals surface area contributed by atoms with E-state index in [0.717, 1.165) is 16.9 Å². The average molecular weight is 313 g/mol. The quantitative estimate of drug-likeness (QED) is 0.907. The molecule has 0 aromatic carbocycles. The molecule has 0 radical (unpaired) electrons. The Morgan fingerprint density at radius 2 is 2.09 bits per heavy atom. The topological polar surface area (TPSA) is 62.2 Å². The van der Waals surface area contributed by atoms with Crippen molar-refractivity contribution in [3.05, 3.63) is 30.5 Å². The van der Waals surface area contributed by atoms with Crippen LogP contribution in [0.4, 0.5) is 5.82 Å². The summed E-state index contributed by atoms with van der Waals surface area (Å²) in [5, 5.41) is 9.25. The monoisotopic (exact) mass is 313 g/mol. The number of aromatic nitrogens is 2. The molecule has 5 nitrogen and oxygen atoms in total. The summed E-state index contributed by atoms with van der Waals surface area (Å²) in [6, 6.07) is 7.85. The molecule has 6 heteroatoms. The number of nitrogens with zero attached hydrogens (tertiary/aromatic N) is 3. The number of hydrogen-bond donors (Lipinski definition) is 2. The third-order valence-corrected chi connectivity index (χ3v) is 5.45. The fraction of sp³-hybridized carbons (Fsp3) is 0.438. The van der Waals surface area contributed by atoms with Crippen LogP contribution in [0.25, 0.3) is 11.0 Å². The van der Waals surface area contributed by atoms with E-state index >= 15 is 0 Å². The van der Waals surface area contributed by atoms with Gasteiger partial charge in [0.1, 0.15) is 10.9 Å². The fourth-order valence-corrected chi connectivity index (χ4v) is 4.25. The largest absolute Gasteiger partial charge is 0.338 e. The van der Waals surface area contributed by atoms with Gasteiger partial charge in [0.2, 0.25) is 0 Å². The van der Waals surface area contributed by atoms with Crippen LogP contribution in [0.5, 0.6) is 0 Å². The lowest BCUT2D eigenvalue weighted by Crippen LogP contribution is -2.40. The van der Waals surface area contributed by atoms with Gasteiger partial charge in [-0.05, 0) is 44.0 Å². The second kappa shape index (κ2) is 5.43. The van der Waals surface area contributed by atoms with Gasteiger partial charge < -0.3 is 5.32 Å². The number of thioether (sulfide) groups is 1. The molecule has 1 aliphatic heterocycles. The fourth-order valence-electron chi connectivity index (χ4n) is 3.09. The van der Waals surface area contributed by atoms with Gasteiger partial charge in [0.05, 0.1) is 11.0 Å². The lowest BCUT2D eigenvalue weighted by molar-refractivity contribution is 0.591. The van der Waals surface area contributed by atoms with E-state index in [-0.39, 0.29) is 4.99 Å². The van der Waals surface area contributed by atoms with E-state index in [1.165, 1.54) is 30.7 Å². The van der Waals surface area contributed by atoms with Crippen molar-refractivity contribution in [2.75, 3.05) is 5.32 Å². The highest BCUT2D eigenvalue weighted by atomic mass is 32.2. The van der Waals surface area contributed by atoms with Gasteiger partial charge in [-0.1, -0.05) is 24.6 Å². The Bertz CT molecular complexity index is 725. The van der Waals surface area contributed by atoms with Gasteiger partial charge in [-0.25, -0.2) is 4.98 Å². The lowest BCUT2D eigenvalue weighted by atomic mass is 10.1. The standard InChI is InChI=1S/C16H19N5S/c1-16(21-20-15(22-16)11-5-2-3-6-11)19-14-9-8-12-13(18-14)7-4-10-17-12/h4,7-11,21H,2-3,5-6H2,1H3,(H,18,19). The SMILES string of the molecule is CC1(Nc2ccc3ncccc3n2)NN=C(C2CCCC2)S1. The van der Waals surface area contributed by atoms with Crippen molar-refractivity contribution < 1.29 is 0 Å². The molecule has 0 saturated heterocycles. The zero-order chi connectivity index (χ0) is 15.0. The molecular formula is C16H19N5S. The summed E-state index contributed by atoms with van der Waals surface area (Å²) >= 11 is 1.78. The van der Waals surface area contributed by atoms with Gasteiger partial charge in [-0.15, -0.1) is 0 Å². The van der Waals surface area contributed by atoms with Crippen molar-refractivity contribution in [2.45, 2.75) is 37.6 Å². The highest BCUT2D eigenvalue weighted by Gasteiger charge is 2.36. The third kappa shape index (κ3) is 2.63. The Balaban J connectivity index is 1.50. The second-order valence-electron chi connectivity index (χ2n) is 6.04. The van der Waals surface area contributed by atoms with E-state index < -0.39 is 0 Å². The van der Waals surface area contributed by atoms with Gasteiger partial charge in [0.25, 0.3) is 0 Å². The second-order valence-corrected chi connectivity index (χ2v) is 7.48. The number of hydrogen-bond acceptors (Lipinski definition) is 6. The summed E-state index contributed by atoms with van der Waals surface area (Å²) in [4.78, 5) is 8.60. The Morgan fingerprint density at radius 3 is 2.95 bits per heavy atom. The maximum absolute atomic E-state index is 4.63. The molecule has 1 atom stereocenters. The number of rotatable bonds is 3. The van der Waals surface area contributed by atoms with Crippen molar-refractivity contribution in [1.82, 2.24) is 15.4 Å². The van der Waals surface area contributed by atoms with E-state index in [1.54, 1.807) is 18.0 Å². The zero-order valence-electron chi connectivity index (χ0n) is 12.5. The van der Waals surface area contributed by atoms with Crippen LogP contribution in [-0.4, -0.2) is 20.0 Å². The number of anilines is 1. The molecular weight excluding hydrogens is 294 g/mol. The van der Waals surface area contributed by atoms with E-state index in [0.29, 0.717) is 5.92 Å². The molecule has 4 rings (SSSR count). The molecule has 2 N–H and O–H groups in total. The van der Waals surface area contributed by atoms with Gasteiger partial charge in [-0.2, -0.15) is 5.10 Å². The van der Waals surface area contributed by atoms with E-state index in [1.807, 2.05) is 24.3 Å². The Labute approximate surface area is 134 Å². The van der Waals surface area contributed by atoms with Crippen LogP contribution in [0.1, 0.15) is 32.6 Å². The first-order valence-corrected chi connectivity index (χ1v) is 8.57. The molecule has 2 aliphatic rings. The van der Waals surface area contributed by atoms with Crippen molar-refractivity contribution in [3.63, 3.8) is 0 Å². The molecule has 1 saturated carbocycles. The highest BCUT2D eigenvalue weighted by molar-refractivity contribution is 8.15. The van der Waals surface area contributed by atoms with Gasteiger partial charge >= 0.3 is 0 Å². The summed E-state index contributed by atoms with van der Waals surface area (Å²) in [7, 11) is 0. The van der Waals surface area contributed by atoms with Crippen LogP contribution >= 0.6 is 11.8 Å². The average Bonchev–Trinajstić information content (AvgIpc) is 3.17. The normalized spacial score (nSPS) is 25.2. The van der Waals surface area contributed by atoms with E-state index in [9.17, 15) is 0 Å². The molecule has 1 fully saturated rings. The Morgan fingerprint density at radius 1 is 1.23 bits per heavy atom. The van der Waals surface area contributed by atoms with Gasteiger partial charge in [0.15, 0.2) is 4.99 Å². The minimum atomic E-state index is -0.333. The lowest BCUT2D eigenvalue weighted by Gasteiger charge is -2.25. The van der Waals surface area contributed by atoms with Crippen LogP contribution < -0.4 is 10.7 Å². The summed E-state index contributed by atoms with van der Waals surface area (Å²) in [6.07, 6.45) is 6.97. The summed E-state index contributed by atoms with van der Waals surface area (Å²) in [6.45, 7) is 2.11. The number of fused-ring (bicyclic) bond motifs is 1. The number of hydrazone groups is 1. The summed E-state index contributed by atoms with van der Waals surface area (Å²) in [5.74, 6) is 1.47. The Kier molecular flexibility index (Phi) is 3.41. The number of nitrogens with one attached hydrogen (secondary N) is 2. The van der Waals surface area contributed by atoms with E-state index in [4.69, 9.17) is 0 Å². The predicted octanol–water partition coefficient (Wildman–Crippen LogP) is 3.56. The molecule has 3 heterocycles. The predicted molar refractivity (Wildman–Crippen MR) is 91.7 cm³/mol. The molecule has 0 bridgehead atoms. The van der Waals surface area contributed by atoms with Gasteiger partial charge in [0, 0.05) is 12.1 Å². The van der Waals surface area contributed by atoms with Crippen LogP contribution in [0.2, 0.25) is 0 Å². The minimum Gasteiger partial charge on any atom is -0.338 e. The molecule has 0 amide bonds. The molecule has 22 heavy (non-hydrogen) atoms. The first-order chi connectivity index (χ1) is 10.7. The highest BCUT2D eigenvalue weighted by Crippen LogP contribution is 2.38. The summed E-state index contributed by atoms with van der Waals surface area (Å²) < 4.78 is 0. The molecule has 2 aromatic heterocycles. The van der Waals surface area contributed by atoms with E-state index in [2.05, 4.69) is 32.7 Å². The summed E-state index contributed by atoms with van der Waals surface area (Å²) in [5.41, 5.74) is 5.05. The van der Waals surface area contributed by atoms with Gasteiger partial charge in [-0.3, -0.25) is 10.4 Å². The van der Waals surface area contributed by atoms with Crippen LogP contribution in [0.3, 0.4) is 0 Å². The maximum Gasteiger partial charge on any atom is 0.175 e. The Hall–Kier alpha value is -1.82. The molecule has 1 unspecified atom stereocenters. The molecule has 2 aromatic rings. The smallest absolute Gasteiger partial charge is 0.175 e. The minimum absolute atomic E-state index is 0.333. The maximum atomic E-state index is 4.63. The van der Waals surface area contributed by atoms with Crippen molar-refractivity contribution >= 4 is 33.7 Å². The first kappa shape index (κ1) is 13.8. The molecule has 1 aliphatic carbocycles. The van der Waals surface area contributed by atoms with Crippen LogP contribution in [-0.2, 0) is 0 Å². The zero-order valence-corrected chi connectivity index (χ0v) is 13.4. The van der Waals surface area contributed by atoms with Crippen molar-refractivity contribution in [3.8, 4) is 0 Å². The first-order valence-electron chi connectivity index (χ1n) is 7.76. The molecule has 0 spiro atoms. The van der Waals surface area contributed by atoms with Crippen LogP contribution in [0.15, 0.2) is 35.6 Å². The third-order valence-electron chi connectivity index (χ3n) is 4.22. The van der Waals surface area contributed by atoms with Crippen molar-refractivity contribution in [2.24, 2.45) is 11.0 Å².